The van der Waals surface area contributed by atoms with E-state index in [1.165, 1.54) is 6.42 Å². The number of likely N-dealkylation sites (tertiary alicyclic amines) is 1. The number of ether oxygens (including phenoxy) is 1. The van der Waals surface area contributed by atoms with E-state index in [9.17, 15) is 4.79 Å². The first-order valence-electron chi connectivity index (χ1n) is 6.18. The molecule has 1 aliphatic rings. The second-order valence-electron chi connectivity index (χ2n) is 4.66. The Hall–Kier alpha value is -1.35. The predicted octanol–water partition coefficient (Wildman–Crippen LogP) is 2.36. The van der Waals surface area contributed by atoms with Gasteiger partial charge in [-0.1, -0.05) is 12.1 Å². The van der Waals surface area contributed by atoms with Gasteiger partial charge in [-0.15, -0.1) is 0 Å². The summed E-state index contributed by atoms with van der Waals surface area (Å²) in [6.07, 6.45) is 4.46. The summed E-state index contributed by atoms with van der Waals surface area (Å²) >= 11 is 0. The lowest BCUT2D eigenvalue weighted by Gasteiger charge is -2.17. The minimum Gasteiger partial charge on any atom is -0.490 e. The molecule has 92 valence electrons. The van der Waals surface area contributed by atoms with E-state index in [-0.39, 0.29) is 6.10 Å². The summed E-state index contributed by atoms with van der Waals surface area (Å²) < 4.78 is 5.94. The number of hydrogen-bond acceptors (Lipinski definition) is 3. The Kier molecular flexibility index (Phi) is 4.15. The van der Waals surface area contributed by atoms with Crippen molar-refractivity contribution >= 4 is 6.29 Å². The Morgan fingerprint density at radius 2 is 2.24 bits per heavy atom. The molecule has 1 heterocycles. The van der Waals surface area contributed by atoms with Crippen LogP contribution in [0.25, 0.3) is 0 Å². The molecule has 0 saturated carbocycles. The Morgan fingerprint density at radius 1 is 1.35 bits per heavy atom. The Balaban J connectivity index is 1.97. The van der Waals surface area contributed by atoms with E-state index in [0.29, 0.717) is 5.56 Å². The fourth-order valence-corrected chi connectivity index (χ4v) is 2.18. The topological polar surface area (TPSA) is 29.5 Å². The molecule has 0 aliphatic carbocycles. The van der Waals surface area contributed by atoms with Crippen LogP contribution < -0.4 is 4.74 Å². The molecule has 2 rings (SSSR count). The van der Waals surface area contributed by atoms with E-state index < -0.39 is 0 Å². The van der Waals surface area contributed by atoms with Gasteiger partial charge in [-0.3, -0.25) is 4.79 Å². The van der Waals surface area contributed by atoms with Gasteiger partial charge < -0.3 is 9.64 Å². The molecule has 3 heteroatoms. The number of aldehydes is 1. The van der Waals surface area contributed by atoms with Gasteiger partial charge in [0.15, 0.2) is 0 Å². The highest BCUT2D eigenvalue weighted by atomic mass is 16.5. The third kappa shape index (κ3) is 3.56. The molecule has 1 aromatic rings. The van der Waals surface area contributed by atoms with Crippen LogP contribution in [0.15, 0.2) is 24.3 Å². The lowest BCUT2D eigenvalue weighted by Crippen LogP contribution is -2.21. The van der Waals surface area contributed by atoms with Gasteiger partial charge >= 0.3 is 0 Å². The molecule has 3 nitrogen and oxygen atoms in total. The van der Waals surface area contributed by atoms with Gasteiger partial charge in [0.2, 0.25) is 0 Å². The van der Waals surface area contributed by atoms with Crippen LogP contribution in [0.1, 0.15) is 29.6 Å². The zero-order valence-electron chi connectivity index (χ0n) is 10.3. The molecular formula is C14H19NO2. The van der Waals surface area contributed by atoms with E-state index in [4.69, 9.17) is 4.74 Å². The van der Waals surface area contributed by atoms with E-state index in [1.807, 2.05) is 18.2 Å². The SMILES string of the molecule is CN1CCCC(Oc2cccc(C=O)c2)CC1. The number of hydrogen-bond donors (Lipinski definition) is 0. The highest BCUT2D eigenvalue weighted by Crippen LogP contribution is 2.19. The van der Waals surface area contributed by atoms with Crippen molar-refractivity contribution in [3.63, 3.8) is 0 Å². The molecule has 0 amide bonds. The number of carbonyl (C=O) groups is 1. The van der Waals surface area contributed by atoms with Gasteiger partial charge in [0.25, 0.3) is 0 Å². The van der Waals surface area contributed by atoms with E-state index in [2.05, 4.69) is 11.9 Å². The normalized spacial score (nSPS) is 21.8. The largest absolute Gasteiger partial charge is 0.490 e. The Morgan fingerprint density at radius 3 is 3.06 bits per heavy atom. The first kappa shape index (κ1) is 12.1. The van der Waals surface area contributed by atoms with Crippen molar-refractivity contribution in [1.29, 1.82) is 0 Å². The van der Waals surface area contributed by atoms with Gasteiger partial charge in [-0.2, -0.15) is 0 Å². The summed E-state index contributed by atoms with van der Waals surface area (Å²) in [5.74, 6) is 0.809. The van der Waals surface area contributed by atoms with Crippen LogP contribution in [-0.4, -0.2) is 37.4 Å². The summed E-state index contributed by atoms with van der Waals surface area (Å²) in [5, 5.41) is 0. The standard InChI is InChI=1S/C14H19NO2/c1-15-8-3-6-13(7-9-15)17-14-5-2-4-12(10-14)11-16/h2,4-5,10-11,13H,3,6-9H2,1H3. The van der Waals surface area contributed by atoms with Gasteiger partial charge in [-0.05, 0) is 45.0 Å². The predicted molar refractivity (Wildman–Crippen MR) is 67.6 cm³/mol. The van der Waals surface area contributed by atoms with Crippen molar-refractivity contribution < 1.29 is 9.53 Å². The lowest BCUT2D eigenvalue weighted by molar-refractivity contribution is 0.112. The van der Waals surface area contributed by atoms with Crippen LogP contribution in [0.5, 0.6) is 5.75 Å². The third-order valence-corrected chi connectivity index (χ3v) is 3.20. The second kappa shape index (κ2) is 5.82. The average Bonchev–Trinajstić information content (AvgIpc) is 2.55. The summed E-state index contributed by atoms with van der Waals surface area (Å²) in [7, 11) is 2.15. The van der Waals surface area contributed by atoms with Crippen molar-refractivity contribution in [2.45, 2.75) is 25.4 Å². The minimum atomic E-state index is 0.279. The van der Waals surface area contributed by atoms with Gasteiger partial charge in [0, 0.05) is 12.1 Å². The molecule has 0 radical (unpaired) electrons. The van der Waals surface area contributed by atoms with Gasteiger partial charge in [0.1, 0.15) is 12.0 Å². The molecule has 0 bridgehead atoms. The van der Waals surface area contributed by atoms with E-state index in [1.54, 1.807) is 6.07 Å². The van der Waals surface area contributed by atoms with Crippen molar-refractivity contribution in [3.05, 3.63) is 29.8 Å². The molecule has 1 saturated heterocycles. The molecule has 0 spiro atoms. The summed E-state index contributed by atoms with van der Waals surface area (Å²) in [6, 6.07) is 7.38. The van der Waals surface area contributed by atoms with Crippen LogP contribution in [-0.2, 0) is 0 Å². The summed E-state index contributed by atoms with van der Waals surface area (Å²) in [5.41, 5.74) is 0.674. The van der Waals surface area contributed by atoms with Crippen molar-refractivity contribution in [3.8, 4) is 5.75 Å². The number of rotatable bonds is 3. The monoisotopic (exact) mass is 233 g/mol. The fourth-order valence-electron chi connectivity index (χ4n) is 2.18. The fraction of sp³-hybridized carbons (Fsp3) is 0.500. The molecule has 17 heavy (non-hydrogen) atoms. The third-order valence-electron chi connectivity index (χ3n) is 3.20. The molecule has 1 aromatic carbocycles. The Labute approximate surface area is 102 Å². The van der Waals surface area contributed by atoms with Crippen LogP contribution in [0.4, 0.5) is 0 Å². The molecule has 1 aliphatic heterocycles. The number of benzene rings is 1. The zero-order chi connectivity index (χ0) is 12.1. The molecule has 0 aromatic heterocycles. The number of carbonyl (C=O) groups excluding carboxylic acids is 1. The average molecular weight is 233 g/mol. The maximum absolute atomic E-state index is 10.7. The maximum atomic E-state index is 10.7. The van der Waals surface area contributed by atoms with Crippen molar-refractivity contribution in [1.82, 2.24) is 4.90 Å². The van der Waals surface area contributed by atoms with Gasteiger partial charge in [-0.25, -0.2) is 0 Å². The molecule has 1 fully saturated rings. The van der Waals surface area contributed by atoms with Crippen molar-refractivity contribution in [2.24, 2.45) is 0 Å². The Bertz CT molecular complexity index is 378. The van der Waals surface area contributed by atoms with E-state index in [0.717, 1.165) is 38.0 Å². The summed E-state index contributed by atoms with van der Waals surface area (Å²) in [4.78, 5) is 13.0. The molecule has 1 unspecified atom stereocenters. The highest BCUT2D eigenvalue weighted by Gasteiger charge is 2.16. The summed E-state index contributed by atoms with van der Waals surface area (Å²) in [6.45, 7) is 2.23. The second-order valence-corrected chi connectivity index (χ2v) is 4.66. The number of nitrogens with zero attached hydrogens (tertiary/aromatic N) is 1. The lowest BCUT2D eigenvalue weighted by atomic mass is 10.1. The zero-order valence-corrected chi connectivity index (χ0v) is 10.3. The maximum Gasteiger partial charge on any atom is 0.150 e. The van der Waals surface area contributed by atoms with Crippen LogP contribution in [0.2, 0.25) is 0 Å². The van der Waals surface area contributed by atoms with Crippen LogP contribution in [0.3, 0.4) is 0 Å². The van der Waals surface area contributed by atoms with Gasteiger partial charge in [0.05, 0.1) is 6.10 Å². The van der Waals surface area contributed by atoms with E-state index >= 15 is 0 Å². The first-order chi connectivity index (χ1) is 8.28. The van der Waals surface area contributed by atoms with Crippen LogP contribution in [0, 0.1) is 0 Å². The first-order valence-corrected chi connectivity index (χ1v) is 6.18. The quantitative estimate of drug-likeness (QED) is 0.751. The molecular weight excluding hydrogens is 214 g/mol. The molecule has 1 atom stereocenters. The minimum absolute atomic E-state index is 0.279. The van der Waals surface area contributed by atoms with Crippen molar-refractivity contribution in [2.75, 3.05) is 20.1 Å². The smallest absolute Gasteiger partial charge is 0.150 e. The highest BCUT2D eigenvalue weighted by molar-refractivity contribution is 5.75. The molecule has 0 N–H and O–H groups in total. The van der Waals surface area contributed by atoms with Crippen LogP contribution >= 0.6 is 0 Å².